The Hall–Kier alpha value is -3.90. The molecule has 3 aromatic rings. The summed E-state index contributed by atoms with van der Waals surface area (Å²) in [4.78, 5) is 13.1. The number of phenolic OH excluding ortho intramolecular Hbond substituents is 1. The lowest BCUT2D eigenvalue weighted by Gasteiger charge is -2.25. The molecule has 2 aromatic heterocycles. The molecule has 0 bridgehead atoms. The van der Waals surface area contributed by atoms with Crippen molar-refractivity contribution in [1.82, 2.24) is 20.2 Å². The van der Waals surface area contributed by atoms with Gasteiger partial charge in [0.15, 0.2) is 5.82 Å². The summed E-state index contributed by atoms with van der Waals surface area (Å²) in [7, 11) is 0. The molecule has 0 aliphatic carbocycles. The number of aliphatic hydroxyl groups excluding tert-OH is 1. The molecule has 4 N–H and O–H groups in total. The van der Waals surface area contributed by atoms with Crippen molar-refractivity contribution < 1.29 is 10.2 Å². The van der Waals surface area contributed by atoms with Crippen LogP contribution in [-0.2, 0) is 0 Å². The number of aromatic nitrogens is 4. The molecule has 3 heterocycles. The summed E-state index contributed by atoms with van der Waals surface area (Å²) >= 11 is 0. The number of benzene rings is 1. The third-order valence-corrected chi connectivity index (χ3v) is 5.18. The molecular formula is C23H25N7O2. The van der Waals surface area contributed by atoms with Gasteiger partial charge in [0.25, 0.3) is 0 Å². The number of hydrogen-bond acceptors (Lipinski definition) is 9. The van der Waals surface area contributed by atoms with Crippen LogP contribution in [0.25, 0.3) is 11.3 Å². The second-order valence-corrected chi connectivity index (χ2v) is 7.53. The van der Waals surface area contributed by atoms with Crippen LogP contribution in [0.4, 0.5) is 17.3 Å². The molecule has 0 radical (unpaired) electrons. The summed E-state index contributed by atoms with van der Waals surface area (Å²) in [5, 5.41) is 27.8. The van der Waals surface area contributed by atoms with Crippen molar-refractivity contribution in [2.24, 2.45) is 0 Å². The molecule has 0 unspecified atom stereocenters. The van der Waals surface area contributed by atoms with Gasteiger partial charge in [0.1, 0.15) is 17.7 Å². The van der Waals surface area contributed by atoms with E-state index >= 15 is 0 Å². The zero-order valence-corrected chi connectivity index (χ0v) is 17.8. The maximum absolute atomic E-state index is 10.2. The van der Waals surface area contributed by atoms with Crippen molar-refractivity contribution in [3.63, 3.8) is 0 Å². The number of rotatable bonds is 3. The molecule has 1 fully saturated rings. The van der Waals surface area contributed by atoms with E-state index in [-0.39, 0.29) is 5.75 Å². The molecular weight excluding hydrogens is 406 g/mol. The molecule has 1 aliphatic rings. The molecule has 1 aliphatic heterocycles. The quantitative estimate of drug-likeness (QED) is 0.531. The van der Waals surface area contributed by atoms with Gasteiger partial charge >= 0.3 is 0 Å². The second-order valence-electron chi connectivity index (χ2n) is 7.53. The highest BCUT2D eigenvalue weighted by Gasteiger charge is 2.20. The first-order valence-corrected chi connectivity index (χ1v) is 10.5. The highest BCUT2D eigenvalue weighted by molar-refractivity contribution is 5.74. The lowest BCUT2D eigenvalue weighted by molar-refractivity contribution is 0.253. The zero-order chi connectivity index (χ0) is 22.5. The molecule has 0 saturated carbocycles. The number of nitrogens with zero attached hydrogens (tertiary/aromatic N) is 6. The van der Waals surface area contributed by atoms with E-state index in [4.69, 9.17) is 5.73 Å². The van der Waals surface area contributed by atoms with E-state index in [2.05, 4.69) is 41.8 Å². The van der Waals surface area contributed by atoms with Gasteiger partial charge in [-0.2, -0.15) is 0 Å². The predicted octanol–water partition coefficient (Wildman–Crippen LogP) is 1.67. The molecule has 1 atom stereocenters. The third-order valence-electron chi connectivity index (χ3n) is 5.18. The molecule has 9 nitrogen and oxygen atoms in total. The van der Waals surface area contributed by atoms with Crippen LogP contribution in [0.15, 0.2) is 42.6 Å². The van der Waals surface area contributed by atoms with E-state index in [1.54, 1.807) is 31.3 Å². The van der Waals surface area contributed by atoms with Gasteiger partial charge in [-0.05, 0) is 43.5 Å². The molecule has 4 rings (SSSR count). The van der Waals surface area contributed by atoms with Crippen LogP contribution >= 0.6 is 0 Å². The van der Waals surface area contributed by atoms with Gasteiger partial charge < -0.3 is 25.7 Å². The van der Waals surface area contributed by atoms with Gasteiger partial charge in [-0.3, -0.25) is 0 Å². The van der Waals surface area contributed by atoms with Crippen LogP contribution in [-0.4, -0.2) is 62.7 Å². The Morgan fingerprint density at radius 3 is 2.66 bits per heavy atom. The molecule has 1 saturated heterocycles. The van der Waals surface area contributed by atoms with Gasteiger partial charge in [0.05, 0.1) is 11.4 Å². The maximum Gasteiger partial charge on any atom is 0.206 e. The fourth-order valence-corrected chi connectivity index (χ4v) is 3.61. The van der Waals surface area contributed by atoms with Crippen LogP contribution in [0.1, 0.15) is 19.2 Å². The highest BCUT2D eigenvalue weighted by Crippen LogP contribution is 2.31. The molecule has 1 aromatic carbocycles. The normalized spacial score (nSPS) is 14.9. The van der Waals surface area contributed by atoms with Crippen molar-refractivity contribution in [3.05, 3.63) is 48.4 Å². The first kappa shape index (κ1) is 21.3. The number of aromatic hydroxyl groups is 1. The SMILES string of the molecule is C[C@H](O)C#Cc1nccc(N2CCCN(c3cc(-c4ccccc4O)nnc3N)CC2)n1. The summed E-state index contributed by atoms with van der Waals surface area (Å²) in [6, 6.07) is 10.8. The highest BCUT2D eigenvalue weighted by atomic mass is 16.3. The number of hydrogen-bond donors (Lipinski definition) is 3. The number of nitrogens with two attached hydrogens (primary N) is 1. The van der Waals surface area contributed by atoms with E-state index < -0.39 is 6.10 Å². The number of phenols is 1. The maximum atomic E-state index is 10.2. The number of nitrogen functional groups attached to an aromatic ring is 1. The van der Waals surface area contributed by atoms with E-state index in [0.717, 1.165) is 44.1 Å². The average molecular weight is 432 g/mol. The van der Waals surface area contributed by atoms with Crippen molar-refractivity contribution >= 4 is 17.3 Å². The van der Waals surface area contributed by atoms with E-state index in [0.29, 0.717) is 22.9 Å². The van der Waals surface area contributed by atoms with Crippen LogP contribution in [0.2, 0.25) is 0 Å². The number of anilines is 3. The van der Waals surface area contributed by atoms with Crippen LogP contribution in [0, 0.1) is 11.8 Å². The van der Waals surface area contributed by atoms with E-state index in [1.807, 2.05) is 18.2 Å². The monoisotopic (exact) mass is 431 g/mol. The smallest absolute Gasteiger partial charge is 0.206 e. The third kappa shape index (κ3) is 4.87. The Morgan fingerprint density at radius 2 is 1.84 bits per heavy atom. The van der Waals surface area contributed by atoms with Crippen LogP contribution < -0.4 is 15.5 Å². The summed E-state index contributed by atoms with van der Waals surface area (Å²) in [6.07, 6.45) is 1.85. The van der Waals surface area contributed by atoms with Gasteiger partial charge in [0.2, 0.25) is 5.82 Å². The molecule has 0 amide bonds. The van der Waals surface area contributed by atoms with Crippen LogP contribution in [0.3, 0.4) is 0 Å². The first-order chi connectivity index (χ1) is 15.5. The minimum absolute atomic E-state index is 0.151. The fraction of sp³-hybridized carbons (Fsp3) is 0.304. The summed E-state index contributed by atoms with van der Waals surface area (Å²) in [6.45, 7) is 4.67. The minimum atomic E-state index is -0.726. The Kier molecular flexibility index (Phi) is 6.33. The zero-order valence-electron chi connectivity index (χ0n) is 17.8. The van der Waals surface area contributed by atoms with Crippen molar-refractivity contribution in [2.45, 2.75) is 19.4 Å². The number of para-hydroxylation sites is 1. The summed E-state index contributed by atoms with van der Waals surface area (Å²) in [5.74, 6) is 7.16. The molecule has 32 heavy (non-hydrogen) atoms. The molecule has 9 heteroatoms. The van der Waals surface area contributed by atoms with Gasteiger partial charge in [-0.15, -0.1) is 10.2 Å². The fourth-order valence-electron chi connectivity index (χ4n) is 3.61. The predicted molar refractivity (Wildman–Crippen MR) is 123 cm³/mol. The summed E-state index contributed by atoms with van der Waals surface area (Å²) in [5.41, 5.74) is 8.15. The lowest BCUT2D eigenvalue weighted by Crippen LogP contribution is -2.31. The minimum Gasteiger partial charge on any atom is -0.507 e. The van der Waals surface area contributed by atoms with Gasteiger partial charge in [-0.1, -0.05) is 18.1 Å². The van der Waals surface area contributed by atoms with Crippen LogP contribution in [0.5, 0.6) is 5.75 Å². The standard InChI is InChI=1S/C23H25N7O2/c1-16(31)7-8-21-25-10-9-22(26-21)30-12-4-11-29(13-14-30)19-15-18(27-28-23(19)24)17-5-2-3-6-20(17)32/h2-3,5-6,9-10,15-16,31-32H,4,11-14H2,1H3,(H2,24,28)/t16-/m0/s1. The lowest BCUT2D eigenvalue weighted by atomic mass is 10.1. The van der Waals surface area contributed by atoms with Crippen molar-refractivity contribution in [1.29, 1.82) is 0 Å². The number of aliphatic hydroxyl groups is 1. The molecule has 164 valence electrons. The largest absolute Gasteiger partial charge is 0.507 e. The average Bonchev–Trinajstić information content (AvgIpc) is 3.05. The molecule has 0 spiro atoms. The topological polar surface area (TPSA) is 125 Å². The van der Waals surface area contributed by atoms with E-state index in [1.165, 1.54) is 0 Å². The Bertz CT molecular complexity index is 1160. The summed E-state index contributed by atoms with van der Waals surface area (Å²) < 4.78 is 0. The first-order valence-electron chi connectivity index (χ1n) is 10.5. The second kappa shape index (κ2) is 9.49. The Morgan fingerprint density at radius 1 is 1.06 bits per heavy atom. The van der Waals surface area contributed by atoms with Crippen molar-refractivity contribution in [2.75, 3.05) is 41.7 Å². The van der Waals surface area contributed by atoms with Crippen molar-refractivity contribution in [3.8, 4) is 28.8 Å². The van der Waals surface area contributed by atoms with Gasteiger partial charge in [-0.25, -0.2) is 9.97 Å². The Balaban J connectivity index is 1.53. The van der Waals surface area contributed by atoms with E-state index in [9.17, 15) is 10.2 Å². The Labute approximate surface area is 186 Å². The van der Waals surface area contributed by atoms with Gasteiger partial charge in [0, 0.05) is 37.9 Å².